The summed E-state index contributed by atoms with van der Waals surface area (Å²) >= 11 is 0. The summed E-state index contributed by atoms with van der Waals surface area (Å²) in [4.78, 5) is 12.2. The molecule has 2 aromatic carbocycles. The van der Waals surface area contributed by atoms with E-state index in [0.29, 0.717) is 11.2 Å². The highest BCUT2D eigenvalue weighted by Gasteiger charge is 2.46. The Morgan fingerprint density at radius 1 is 0.943 bits per heavy atom. The van der Waals surface area contributed by atoms with E-state index in [1.807, 2.05) is 0 Å². The Morgan fingerprint density at radius 2 is 1.57 bits per heavy atom. The second-order valence-electron chi connectivity index (χ2n) is 7.68. The zero-order valence-corrected chi connectivity index (χ0v) is 19.1. The molecule has 0 amide bonds. The molecule has 4 N–H and O–H groups in total. The Hall–Kier alpha value is -3.54. The number of nitrogen functional groups attached to an aromatic ring is 1. The molecule has 4 aromatic rings. The summed E-state index contributed by atoms with van der Waals surface area (Å²) in [7, 11) is -4.22. The smallest absolute Gasteiger partial charge is 0.395 e. The van der Waals surface area contributed by atoms with E-state index in [2.05, 4.69) is 15.0 Å². The first kappa shape index (κ1) is 23.2. The molecule has 3 heterocycles. The minimum atomic E-state index is -4.22. The molecule has 4 atom stereocenters. The van der Waals surface area contributed by atoms with Gasteiger partial charge in [-0.2, -0.15) is 0 Å². The van der Waals surface area contributed by atoms with E-state index in [-0.39, 0.29) is 17.3 Å². The van der Waals surface area contributed by atoms with Gasteiger partial charge in [-0.15, -0.1) is 0 Å². The number of benzene rings is 2. The molecule has 2 unspecified atom stereocenters. The van der Waals surface area contributed by atoms with Gasteiger partial charge in [0, 0.05) is 0 Å². The van der Waals surface area contributed by atoms with Crippen LogP contribution >= 0.6 is 7.82 Å². The number of rotatable bonds is 8. The van der Waals surface area contributed by atoms with Crippen molar-refractivity contribution in [3.8, 4) is 11.5 Å². The molecule has 1 saturated heterocycles. The third kappa shape index (κ3) is 4.83. The van der Waals surface area contributed by atoms with E-state index in [4.69, 9.17) is 24.0 Å². The Kier molecular flexibility index (Phi) is 6.37. The third-order valence-corrected chi connectivity index (χ3v) is 6.65. The second-order valence-corrected chi connectivity index (χ2v) is 9.20. The van der Waals surface area contributed by atoms with E-state index < -0.39 is 39.0 Å². The fraction of sp³-hybridized carbons (Fsp3) is 0.227. The minimum Gasteiger partial charge on any atom is -0.395 e. The standard InChI is InChI=1S/C22H22N5O7P/c23-20-17-21(25-12-24-20)27(13-26-17)22-19(29)18(28)16(32-22)11-31-35(30,33-14-7-3-1-4-8-14)34-15-9-5-2-6-10-15/h1-10,12-13,16,18-19,22,28-29H,11H2,(H2,23,24,25)/t16-,18?,19?,22-/m1/s1. The van der Waals surface area contributed by atoms with Gasteiger partial charge in [0.2, 0.25) is 0 Å². The molecule has 182 valence electrons. The summed E-state index contributed by atoms with van der Waals surface area (Å²) < 4.78 is 37.5. The van der Waals surface area contributed by atoms with E-state index in [1.54, 1.807) is 60.7 Å². The number of fused-ring (bicyclic) bond motifs is 1. The van der Waals surface area contributed by atoms with Crippen LogP contribution in [0.2, 0.25) is 0 Å². The number of imidazole rings is 1. The summed E-state index contributed by atoms with van der Waals surface area (Å²) in [5, 5.41) is 21.3. The lowest BCUT2D eigenvalue weighted by atomic mass is 10.1. The number of hydrogen-bond donors (Lipinski definition) is 3. The summed E-state index contributed by atoms with van der Waals surface area (Å²) in [6.07, 6.45) is -2.23. The monoisotopic (exact) mass is 499 g/mol. The largest absolute Gasteiger partial charge is 0.587 e. The highest BCUT2D eigenvalue weighted by Crippen LogP contribution is 2.50. The van der Waals surface area contributed by atoms with Gasteiger partial charge in [0.1, 0.15) is 41.7 Å². The molecule has 12 nitrogen and oxygen atoms in total. The van der Waals surface area contributed by atoms with Crippen LogP contribution < -0.4 is 14.8 Å². The number of aliphatic hydroxyl groups excluding tert-OH is 2. The lowest BCUT2D eigenvalue weighted by molar-refractivity contribution is -0.0498. The normalized spacial score (nSPS) is 22.3. The number of para-hydroxylation sites is 2. The fourth-order valence-corrected chi connectivity index (χ4v) is 4.84. The molecular formula is C22H22N5O7P. The van der Waals surface area contributed by atoms with Gasteiger partial charge in [-0.1, -0.05) is 36.4 Å². The zero-order valence-electron chi connectivity index (χ0n) is 18.2. The summed E-state index contributed by atoms with van der Waals surface area (Å²) in [5.74, 6) is 0.693. The average Bonchev–Trinajstić information content (AvgIpc) is 3.41. The molecule has 2 aromatic heterocycles. The van der Waals surface area contributed by atoms with Crippen LogP contribution in [0.25, 0.3) is 11.2 Å². The van der Waals surface area contributed by atoms with E-state index in [1.165, 1.54) is 17.2 Å². The lowest BCUT2D eigenvalue weighted by Gasteiger charge is -2.21. The van der Waals surface area contributed by atoms with E-state index >= 15 is 0 Å². The van der Waals surface area contributed by atoms with Gasteiger partial charge in [0.25, 0.3) is 0 Å². The van der Waals surface area contributed by atoms with Crippen LogP contribution in [0.3, 0.4) is 0 Å². The molecule has 1 fully saturated rings. The van der Waals surface area contributed by atoms with Gasteiger partial charge in [-0.3, -0.25) is 9.09 Å². The van der Waals surface area contributed by atoms with Crippen molar-refractivity contribution in [1.82, 2.24) is 19.5 Å². The van der Waals surface area contributed by atoms with Crippen molar-refractivity contribution in [1.29, 1.82) is 0 Å². The van der Waals surface area contributed by atoms with Gasteiger partial charge in [-0.25, -0.2) is 19.5 Å². The maximum atomic E-state index is 13.5. The maximum absolute atomic E-state index is 13.5. The minimum absolute atomic E-state index is 0.165. The van der Waals surface area contributed by atoms with Crippen molar-refractivity contribution < 1.29 is 33.1 Å². The summed E-state index contributed by atoms with van der Waals surface area (Å²) in [6, 6.07) is 16.8. The number of nitrogens with zero attached hydrogens (tertiary/aromatic N) is 4. The Morgan fingerprint density at radius 3 is 2.20 bits per heavy atom. The Bertz CT molecular complexity index is 1290. The molecule has 13 heteroatoms. The lowest BCUT2D eigenvalue weighted by Crippen LogP contribution is -2.34. The quantitative estimate of drug-likeness (QED) is 0.305. The van der Waals surface area contributed by atoms with Crippen LogP contribution in [0, 0.1) is 0 Å². The molecule has 0 aliphatic carbocycles. The van der Waals surface area contributed by atoms with E-state index in [0.717, 1.165) is 0 Å². The van der Waals surface area contributed by atoms with Crippen molar-refractivity contribution >= 4 is 24.8 Å². The molecule has 0 saturated carbocycles. The van der Waals surface area contributed by atoms with Gasteiger partial charge in [0.05, 0.1) is 12.9 Å². The topological polar surface area (TPSA) is 164 Å². The molecule has 1 aliphatic heterocycles. The zero-order chi connectivity index (χ0) is 24.4. The number of aliphatic hydroxyl groups is 2. The molecule has 5 rings (SSSR count). The van der Waals surface area contributed by atoms with Crippen LogP contribution in [-0.2, 0) is 13.8 Å². The highest BCUT2D eigenvalue weighted by molar-refractivity contribution is 7.49. The molecular weight excluding hydrogens is 477 g/mol. The highest BCUT2D eigenvalue weighted by atomic mass is 31.2. The van der Waals surface area contributed by atoms with Crippen molar-refractivity contribution in [2.24, 2.45) is 0 Å². The van der Waals surface area contributed by atoms with Crippen LogP contribution in [-0.4, -0.2) is 54.7 Å². The number of aromatic nitrogens is 4. The number of phosphoric acid groups is 1. The van der Waals surface area contributed by atoms with Crippen LogP contribution in [0.4, 0.5) is 5.82 Å². The van der Waals surface area contributed by atoms with Crippen molar-refractivity contribution in [2.75, 3.05) is 12.3 Å². The molecule has 0 bridgehead atoms. The summed E-state index contributed by atoms with van der Waals surface area (Å²) in [5.41, 5.74) is 6.47. The fourth-order valence-electron chi connectivity index (χ4n) is 3.61. The molecule has 1 aliphatic rings. The van der Waals surface area contributed by atoms with Crippen molar-refractivity contribution in [2.45, 2.75) is 24.5 Å². The third-order valence-electron chi connectivity index (χ3n) is 5.32. The van der Waals surface area contributed by atoms with Crippen LogP contribution in [0.5, 0.6) is 11.5 Å². The van der Waals surface area contributed by atoms with Gasteiger partial charge < -0.3 is 29.7 Å². The van der Waals surface area contributed by atoms with Crippen LogP contribution in [0.15, 0.2) is 73.3 Å². The van der Waals surface area contributed by atoms with Gasteiger partial charge >= 0.3 is 7.82 Å². The predicted molar refractivity (Wildman–Crippen MR) is 123 cm³/mol. The Labute approximate surface area is 199 Å². The van der Waals surface area contributed by atoms with Gasteiger partial charge in [-0.05, 0) is 24.3 Å². The number of hydrogen-bond acceptors (Lipinski definition) is 11. The molecule has 35 heavy (non-hydrogen) atoms. The summed E-state index contributed by atoms with van der Waals surface area (Å²) in [6.45, 7) is -0.407. The molecule has 0 spiro atoms. The molecule has 0 radical (unpaired) electrons. The number of phosphoric ester groups is 1. The maximum Gasteiger partial charge on any atom is 0.587 e. The SMILES string of the molecule is Nc1ncnc2c1ncn2[C@@H]1O[C@H](COP(=O)(Oc2ccccc2)Oc2ccccc2)C(O)C1O. The first-order chi connectivity index (χ1) is 16.9. The number of ether oxygens (including phenoxy) is 1. The van der Waals surface area contributed by atoms with Crippen molar-refractivity contribution in [3.05, 3.63) is 73.3 Å². The second kappa shape index (κ2) is 9.61. The average molecular weight is 499 g/mol. The first-order valence-corrected chi connectivity index (χ1v) is 12.1. The van der Waals surface area contributed by atoms with E-state index in [9.17, 15) is 14.8 Å². The first-order valence-electron chi connectivity index (χ1n) is 10.6. The van der Waals surface area contributed by atoms with Gasteiger partial charge in [0.15, 0.2) is 17.7 Å². The number of anilines is 1. The number of nitrogens with two attached hydrogens (primary N) is 1. The van der Waals surface area contributed by atoms with Crippen LogP contribution in [0.1, 0.15) is 6.23 Å². The van der Waals surface area contributed by atoms with Crippen molar-refractivity contribution in [3.63, 3.8) is 0 Å². The predicted octanol–water partition coefficient (Wildman–Crippen LogP) is 2.31. The Balaban J connectivity index is 1.34.